The van der Waals surface area contributed by atoms with E-state index in [0.29, 0.717) is 30.1 Å². The topological polar surface area (TPSA) is 145 Å². The molecule has 0 heterocycles. The van der Waals surface area contributed by atoms with Crippen LogP contribution in [0.4, 0.5) is 0 Å². The van der Waals surface area contributed by atoms with Crippen LogP contribution in [0.1, 0.15) is 188 Å². The molecule has 0 aliphatic carbocycles. The van der Waals surface area contributed by atoms with Gasteiger partial charge in [0.05, 0.1) is 24.9 Å². The van der Waals surface area contributed by atoms with Crippen molar-refractivity contribution in [3.63, 3.8) is 0 Å². The zero-order valence-corrected chi connectivity index (χ0v) is 32.7. The van der Waals surface area contributed by atoms with Gasteiger partial charge in [0.25, 0.3) is 5.91 Å². The van der Waals surface area contributed by atoms with Gasteiger partial charge in [0.1, 0.15) is 11.5 Å². The molecule has 296 valence electrons. The van der Waals surface area contributed by atoms with Gasteiger partial charge in [-0.15, -0.1) is 0 Å². The number of ether oxygens (including phenoxy) is 2. The van der Waals surface area contributed by atoms with Gasteiger partial charge >= 0.3 is 0 Å². The van der Waals surface area contributed by atoms with Crippen molar-refractivity contribution >= 4 is 11.8 Å². The van der Waals surface area contributed by atoms with E-state index in [-0.39, 0.29) is 6.10 Å². The Hall–Kier alpha value is -3.10. The maximum absolute atomic E-state index is 11.3. The summed E-state index contributed by atoms with van der Waals surface area (Å²) in [6.07, 6.45) is 30.0. The van der Waals surface area contributed by atoms with Gasteiger partial charge in [-0.25, -0.2) is 0 Å². The molecule has 6 N–H and O–H groups in total. The fourth-order valence-electron chi connectivity index (χ4n) is 6.18. The molecule has 8 nitrogen and oxygen atoms in total. The summed E-state index contributed by atoms with van der Waals surface area (Å²) < 4.78 is 11.4. The average Bonchev–Trinajstić information content (AvgIpc) is 3.15. The maximum atomic E-state index is 11.3. The van der Waals surface area contributed by atoms with E-state index in [1.807, 2.05) is 6.07 Å². The largest absolute Gasteiger partial charge is 0.494 e. The van der Waals surface area contributed by atoms with Gasteiger partial charge in [-0.2, -0.15) is 0 Å². The number of primary amides is 2. The molecule has 2 aromatic carbocycles. The van der Waals surface area contributed by atoms with Crippen molar-refractivity contribution in [3.8, 4) is 11.5 Å². The summed E-state index contributed by atoms with van der Waals surface area (Å²) in [5, 5.41) is 18.7. The first-order valence-corrected chi connectivity index (χ1v) is 20.7. The first-order valence-electron chi connectivity index (χ1n) is 20.7. The Kier molecular flexibility index (Phi) is 30.4. The summed E-state index contributed by atoms with van der Waals surface area (Å²) in [6.45, 7) is 3.90. The highest BCUT2D eigenvalue weighted by atomic mass is 16.5. The lowest BCUT2D eigenvalue weighted by molar-refractivity contribution is 0.0989. The number of unbranched alkanes of at least 4 members (excludes halogenated alkanes) is 20. The predicted molar refractivity (Wildman–Crippen MR) is 215 cm³/mol. The van der Waals surface area contributed by atoms with Gasteiger partial charge in [-0.3, -0.25) is 9.59 Å². The molecule has 0 aliphatic heterocycles. The van der Waals surface area contributed by atoms with E-state index in [1.54, 1.807) is 42.5 Å². The highest BCUT2D eigenvalue weighted by Crippen LogP contribution is 2.19. The summed E-state index contributed by atoms with van der Waals surface area (Å²) in [7, 11) is 0. The number of rotatable bonds is 33. The van der Waals surface area contributed by atoms with Crippen LogP contribution >= 0.6 is 0 Å². The zero-order valence-electron chi connectivity index (χ0n) is 32.7. The predicted octanol–water partition coefficient (Wildman–Crippen LogP) is 10.5. The summed E-state index contributed by atoms with van der Waals surface area (Å²) in [6, 6.07) is 14.1. The molecule has 0 fully saturated rings. The third kappa shape index (κ3) is 26.6. The van der Waals surface area contributed by atoms with E-state index >= 15 is 0 Å². The Bertz CT molecular complexity index is 1130. The molecular formula is C44H74N2O6. The van der Waals surface area contributed by atoms with E-state index in [0.717, 1.165) is 57.3 Å². The molecule has 0 saturated heterocycles. The number of nitrogens with two attached hydrogens (primary N) is 2. The number of amides is 2. The van der Waals surface area contributed by atoms with Crippen LogP contribution in [0, 0.1) is 0 Å². The van der Waals surface area contributed by atoms with Crippen molar-refractivity contribution in [2.24, 2.45) is 11.5 Å². The quantitative estimate of drug-likeness (QED) is 0.0539. The third-order valence-electron chi connectivity index (χ3n) is 9.44. The van der Waals surface area contributed by atoms with Crippen LogP contribution in [0.2, 0.25) is 0 Å². The molecule has 0 radical (unpaired) electrons. The van der Waals surface area contributed by atoms with Crippen molar-refractivity contribution in [1.29, 1.82) is 0 Å². The number of benzene rings is 2. The minimum absolute atomic E-state index is 0.0796. The second kappa shape index (κ2) is 33.7. The van der Waals surface area contributed by atoms with Gasteiger partial charge in [0.2, 0.25) is 5.91 Å². The molecule has 0 saturated carbocycles. The molecule has 0 bridgehead atoms. The number of hydrogen-bond donors (Lipinski definition) is 4. The van der Waals surface area contributed by atoms with Crippen molar-refractivity contribution < 1.29 is 29.3 Å². The van der Waals surface area contributed by atoms with Gasteiger partial charge in [0.15, 0.2) is 0 Å². The van der Waals surface area contributed by atoms with E-state index in [2.05, 4.69) is 6.92 Å². The standard InChI is InChI=1S/C25H43NO3.C19H31NO3/c1-2-3-4-12-17-22(27)18-13-10-8-6-5-7-9-11-16-21-29-24-20-15-14-19-23(24)25(26)28;20-19(22)17-11-13-18(14-12-17)23-16-10-8-6-4-2-1-3-5-7-9-15-21/h14-15,19-20,22,27H,2-13,16-18,21H2,1H3,(H2,26,28);11-14,21H,1-10,15-16H2,(H2,20,22). The molecule has 0 spiro atoms. The van der Waals surface area contributed by atoms with Gasteiger partial charge in [-0.1, -0.05) is 147 Å². The molecule has 0 aliphatic rings. The molecule has 1 atom stereocenters. The van der Waals surface area contributed by atoms with Crippen LogP contribution in [0.5, 0.6) is 11.5 Å². The lowest BCUT2D eigenvalue weighted by Crippen LogP contribution is -2.13. The number of para-hydroxylation sites is 1. The Morgan fingerprint density at radius 2 is 1.00 bits per heavy atom. The molecule has 2 amide bonds. The SMILES string of the molecule is CCCCCCC(O)CCCCCCCCCCCOc1ccccc1C(N)=O.NC(=O)c1ccc(OCCCCCCCCCCCCO)cc1. The Labute approximate surface area is 316 Å². The highest BCUT2D eigenvalue weighted by Gasteiger charge is 2.08. The number of aliphatic hydroxyl groups is 2. The number of carbonyl (C=O) groups is 2. The van der Waals surface area contributed by atoms with Crippen molar-refractivity contribution in [3.05, 3.63) is 59.7 Å². The smallest absolute Gasteiger partial charge is 0.252 e. The van der Waals surface area contributed by atoms with Crippen LogP contribution in [0.15, 0.2) is 48.5 Å². The summed E-state index contributed by atoms with van der Waals surface area (Å²) in [5.74, 6) is 0.524. The number of carbonyl (C=O) groups excluding carboxylic acids is 2. The van der Waals surface area contributed by atoms with Crippen molar-refractivity contribution in [1.82, 2.24) is 0 Å². The van der Waals surface area contributed by atoms with Crippen LogP contribution in [-0.4, -0.2) is 48.0 Å². The van der Waals surface area contributed by atoms with Gasteiger partial charge in [0, 0.05) is 12.2 Å². The molecule has 2 aromatic rings. The lowest BCUT2D eigenvalue weighted by Gasteiger charge is -2.10. The van der Waals surface area contributed by atoms with Crippen molar-refractivity contribution in [2.45, 2.75) is 174 Å². The second-order valence-electron chi connectivity index (χ2n) is 14.2. The van der Waals surface area contributed by atoms with Crippen LogP contribution in [0.3, 0.4) is 0 Å². The maximum Gasteiger partial charge on any atom is 0.252 e. The molecule has 8 heteroatoms. The Morgan fingerprint density at radius 3 is 1.48 bits per heavy atom. The van der Waals surface area contributed by atoms with E-state index in [9.17, 15) is 14.7 Å². The van der Waals surface area contributed by atoms with E-state index in [1.165, 1.54) is 116 Å². The number of hydrogen-bond acceptors (Lipinski definition) is 6. The van der Waals surface area contributed by atoms with Crippen LogP contribution < -0.4 is 20.9 Å². The first kappa shape index (κ1) is 46.9. The lowest BCUT2D eigenvalue weighted by atomic mass is 10.0. The second-order valence-corrected chi connectivity index (χ2v) is 14.2. The summed E-state index contributed by atoms with van der Waals surface area (Å²) in [5.41, 5.74) is 11.5. The molecule has 52 heavy (non-hydrogen) atoms. The minimum atomic E-state index is -0.443. The van der Waals surface area contributed by atoms with E-state index < -0.39 is 11.8 Å². The van der Waals surface area contributed by atoms with Gasteiger partial charge in [-0.05, 0) is 68.5 Å². The average molecular weight is 727 g/mol. The molecule has 2 rings (SSSR count). The fraction of sp³-hybridized carbons (Fsp3) is 0.682. The number of aliphatic hydroxyl groups excluding tert-OH is 2. The molecular weight excluding hydrogens is 652 g/mol. The van der Waals surface area contributed by atoms with Crippen molar-refractivity contribution in [2.75, 3.05) is 19.8 Å². The normalized spacial score (nSPS) is 11.4. The highest BCUT2D eigenvalue weighted by molar-refractivity contribution is 5.95. The van der Waals surface area contributed by atoms with Crippen LogP contribution in [0.25, 0.3) is 0 Å². The summed E-state index contributed by atoms with van der Waals surface area (Å²) >= 11 is 0. The molecule has 1 unspecified atom stereocenters. The zero-order chi connectivity index (χ0) is 37.9. The Balaban J connectivity index is 0.000000534. The fourth-order valence-corrected chi connectivity index (χ4v) is 6.18. The Morgan fingerprint density at radius 1 is 0.558 bits per heavy atom. The molecule has 0 aromatic heterocycles. The first-order chi connectivity index (χ1) is 25.4. The monoisotopic (exact) mass is 727 g/mol. The van der Waals surface area contributed by atoms with Crippen LogP contribution in [-0.2, 0) is 0 Å². The van der Waals surface area contributed by atoms with Gasteiger partial charge < -0.3 is 31.2 Å². The third-order valence-corrected chi connectivity index (χ3v) is 9.44. The van der Waals surface area contributed by atoms with E-state index in [4.69, 9.17) is 26.0 Å². The minimum Gasteiger partial charge on any atom is -0.494 e. The summed E-state index contributed by atoms with van der Waals surface area (Å²) in [4.78, 5) is 22.3.